The summed E-state index contributed by atoms with van der Waals surface area (Å²) in [5.41, 5.74) is 2.66. The first-order valence-electron chi connectivity index (χ1n) is 9.74. The Kier molecular flexibility index (Phi) is 4.23. The topological polar surface area (TPSA) is 59.8 Å². The second kappa shape index (κ2) is 6.72. The van der Waals surface area contributed by atoms with Crippen molar-refractivity contribution in [3.05, 3.63) is 41.2 Å². The van der Waals surface area contributed by atoms with Crippen molar-refractivity contribution >= 4 is 17.7 Å². The molecule has 0 spiro atoms. The van der Waals surface area contributed by atoms with E-state index in [0.29, 0.717) is 17.7 Å². The van der Waals surface area contributed by atoms with Crippen LogP contribution in [0.2, 0.25) is 0 Å². The van der Waals surface area contributed by atoms with E-state index in [4.69, 9.17) is 0 Å². The number of amides is 1. The summed E-state index contributed by atoms with van der Waals surface area (Å²) in [4.78, 5) is 12.6. The zero-order valence-corrected chi connectivity index (χ0v) is 15.7. The Morgan fingerprint density at radius 1 is 1.15 bits per heavy atom. The van der Waals surface area contributed by atoms with Crippen LogP contribution in [0.15, 0.2) is 29.4 Å². The number of rotatable bonds is 6. The van der Waals surface area contributed by atoms with Crippen LogP contribution in [-0.4, -0.2) is 26.4 Å². The lowest BCUT2D eigenvalue weighted by Gasteiger charge is -2.26. The number of nitrogens with zero attached hydrogens (tertiary/aromatic N) is 3. The van der Waals surface area contributed by atoms with Gasteiger partial charge >= 0.3 is 0 Å². The van der Waals surface area contributed by atoms with Crippen LogP contribution in [0.3, 0.4) is 0 Å². The van der Waals surface area contributed by atoms with E-state index in [1.54, 1.807) is 0 Å². The third-order valence-corrected chi connectivity index (χ3v) is 6.53. The summed E-state index contributed by atoms with van der Waals surface area (Å²) in [6.07, 6.45) is 8.18. The van der Waals surface area contributed by atoms with E-state index in [2.05, 4.69) is 44.3 Å². The third-order valence-electron chi connectivity index (χ3n) is 5.58. The highest BCUT2D eigenvalue weighted by Gasteiger charge is 2.36. The highest BCUT2D eigenvalue weighted by Crippen LogP contribution is 2.46. The average Bonchev–Trinajstić information content (AvgIpc) is 3.59. The molecule has 0 unspecified atom stereocenters. The van der Waals surface area contributed by atoms with Crippen molar-refractivity contribution in [3.63, 3.8) is 0 Å². The van der Waals surface area contributed by atoms with Crippen LogP contribution in [0.5, 0.6) is 0 Å². The number of hydrogen-bond acceptors (Lipinski definition) is 4. The van der Waals surface area contributed by atoms with Gasteiger partial charge in [0.15, 0.2) is 5.16 Å². The molecule has 1 aromatic carbocycles. The summed E-state index contributed by atoms with van der Waals surface area (Å²) in [6.45, 7) is 0. The van der Waals surface area contributed by atoms with Gasteiger partial charge in [-0.3, -0.25) is 4.79 Å². The predicted molar refractivity (Wildman–Crippen MR) is 101 cm³/mol. The molecule has 3 aliphatic rings. The Morgan fingerprint density at radius 3 is 2.81 bits per heavy atom. The first kappa shape index (κ1) is 16.4. The zero-order chi connectivity index (χ0) is 17.5. The van der Waals surface area contributed by atoms with Crippen LogP contribution < -0.4 is 5.32 Å². The van der Waals surface area contributed by atoms with Crippen molar-refractivity contribution in [2.45, 2.75) is 68.1 Å². The molecule has 0 saturated heterocycles. The van der Waals surface area contributed by atoms with E-state index in [1.165, 1.54) is 48.6 Å². The molecule has 2 fully saturated rings. The molecule has 2 saturated carbocycles. The maximum absolute atomic E-state index is 12.6. The third kappa shape index (κ3) is 3.27. The maximum Gasteiger partial charge on any atom is 0.230 e. The van der Waals surface area contributed by atoms with Gasteiger partial charge in [0.25, 0.3) is 0 Å². The summed E-state index contributed by atoms with van der Waals surface area (Å²) >= 11 is 1.54. The second-order valence-corrected chi connectivity index (χ2v) is 8.66. The van der Waals surface area contributed by atoms with Gasteiger partial charge in [0, 0.05) is 12.0 Å². The average molecular weight is 369 g/mol. The molecule has 5 nitrogen and oxygen atoms in total. The molecule has 0 aliphatic heterocycles. The Morgan fingerprint density at radius 2 is 2.00 bits per heavy atom. The number of carbonyl (C=O) groups is 1. The molecule has 136 valence electrons. The van der Waals surface area contributed by atoms with Gasteiger partial charge in [-0.2, -0.15) is 0 Å². The first-order chi connectivity index (χ1) is 12.8. The van der Waals surface area contributed by atoms with E-state index < -0.39 is 0 Å². The Balaban J connectivity index is 1.24. The van der Waals surface area contributed by atoms with Gasteiger partial charge in [0.2, 0.25) is 5.91 Å². The SMILES string of the molecule is O=C(CSc1nnc(C2CC2)n1C1CC1)N[C@@H]1CCCc2ccccc21. The van der Waals surface area contributed by atoms with Crippen LogP contribution in [0.1, 0.15) is 73.5 Å². The molecule has 0 radical (unpaired) electrons. The second-order valence-electron chi connectivity index (χ2n) is 7.72. The molecule has 0 bridgehead atoms. The monoisotopic (exact) mass is 368 g/mol. The lowest BCUT2D eigenvalue weighted by atomic mass is 9.88. The van der Waals surface area contributed by atoms with Gasteiger partial charge in [-0.1, -0.05) is 36.0 Å². The molecule has 2 aromatic rings. The quantitative estimate of drug-likeness (QED) is 0.789. The van der Waals surface area contributed by atoms with Crippen molar-refractivity contribution in [2.75, 3.05) is 5.75 Å². The number of aryl methyl sites for hydroxylation is 1. The largest absolute Gasteiger partial charge is 0.349 e. The molecule has 1 aromatic heterocycles. The molecule has 1 atom stereocenters. The van der Waals surface area contributed by atoms with E-state index in [9.17, 15) is 4.79 Å². The minimum Gasteiger partial charge on any atom is -0.349 e. The van der Waals surface area contributed by atoms with E-state index in [-0.39, 0.29) is 11.9 Å². The fourth-order valence-corrected chi connectivity index (χ4v) is 4.78. The van der Waals surface area contributed by atoms with Gasteiger partial charge in [-0.25, -0.2) is 0 Å². The van der Waals surface area contributed by atoms with Gasteiger partial charge in [-0.15, -0.1) is 10.2 Å². The van der Waals surface area contributed by atoms with Crippen molar-refractivity contribution < 1.29 is 4.79 Å². The smallest absolute Gasteiger partial charge is 0.230 e. The van der Waals surface area contributed by atoms with Crippen molar-refractivity contribution in [1.82, 2.24) is 20.1 Å². The lowest BCUT2D eigenvalue weighted by molar-refractivity contribution is -0.119. The Labute approximate surface area is 158 Å². The first-order valence-corrected chi connectivity index (χ1v) is 10.7. The highest BCUT2D eigenvalue weighted by atomic mass is 32.2. The number of carbonyl (C=O) groups excluding carboxylic acids is 1. The summed E-state index contributed by atoms with van der Waals surface area (Å²) in [5, 5.41) is 13.0. The molecule has 5 rings (SSSR count). The number of thioether (sulfide) groups is 1. The Hall–Kier alpha value is -1.82. The predicted octanol–water partition coefficient (Wildman–Crippen LogP) is 3.78. The maximum atomic E-state index is 12.6. The number of fused-ring (bicyclic) bond motifs is 1. The van der Waals surface area contributed by atoms with Crippen LogP contribution in [0.25, 0.3) is 0 Å². The van der Waals surface area contributed by atoms with Crippen LogP contribution in [0.4, 0.5) is 0 Å². The number of aromatic nitrogens is 3. The van der Waals surface area contributed by atoms with Crippen LogP contribution >= 0.6 is 11.8 Å². The fourth-order valence-electron chi connectivity index (χ4n) is 3.95. The van der Waals surface area contributed by atoms with Crippen LogP contribution in [0, 0.1) is 0 Å². The molecule has 3 aliphatic carbocycles. The standard InChI is InChI=1S/C20H24N4OS/c25-18(21-17-7-3-5-13-4-1-2-6-16(13)17)12-26-20-23-22-19(14-8-9-14)24(20)15-10-11-15/h1-2,4,6,14-15,17H,3,5,7-12H2,(H,21,25)/t17-/m1/s1. The molecule has 1 heterocycles. The fraction of sp³-hybridized carbons (Fsp3) is 0.550. The van der Waals surface area contributed by atoms with Gasteiger partial charge in [-0.05, 0) is 56.1 Å². The highest BCUT2D eigenvalue weighted by molar-refractivity contribution is 7.99. The summed E-state index contributed by atoms with van der Waals surface area (Å²) in [5.74, 6) is 2.26. The van der Waals surface area contributed by atoms with Crippen molar-refractivity contribution in [3.8, 4) is 0 Å². The number of nitrogens with one attached hydrogen (secondary N) is 1. The molecule has 6 heteroatoms. The Bertz CT molecular complexity index is 825. The normalized spacial score (nSPS) is 22.1. The van der Waals surface area contributed by atoms with E-state index in [0.717, 1.165) is 30.2 Å². The molecule has 1 amide bonds. The molecule has 1 N–H and O–H groups in total. The van der Waals surface area contributed by atoms with E-state index in [1.807, 2.05) is 0 Å². The number of benzene rings is 1. The molecular weight excluding hydrogens is 344 g/mol. The van der Waals surface area contributed by atoms with Gasteiger partial charge in [0.05, 0.1) is 11.8 Å². The van der Waals surface area contributed by atoms with Crippen molar-refractivity contribution in [1.29, 1.82) is 0 Å². The molecule has 26 heavy (non-hydrogen) atoms. The zero-order valence-electron chi connectivity index (χ0n) is 14.9. The summed E-state index contributed by atoms with van der Waals surface area (Å²) in [7, 11) is 0. The van der Waals surface area contributed by atoms with Gasteiger partial charge < -0.3 is 9.88 Å². The van der Waals surface area contributed by atoms with Gasteiger partial charge in [0.1, 0.15) is 5.82 Å². The van der Waals surface area contributed by atoms with E-state index >= 15 is 0 Å². The number of hydrogen-bond donors (Lipinski definition) is 1. The summed E-state index contributed by atoms with van der Waals surface area (Å²) in [6, 6.07) is 9.20. The lowest BCUT2D eigenvalue weighted by Crippen LogP contribution is -2.32. The molecular formula is C20H24N4OS. The minimum absolute atomic E-state index is 0.0926. The summed E-state index contributed by atoms with van der Waals surface area (Å²) < 4.78 is 2.31. The minimum atomic E-state index is 0.0926. The van der Waals surface area contributed by atoms with Crippen molar-refractivity contribution in [2.24, 2.45) is 0 Å². The van der Waals surface area contributed by atoms with Crippen LogP contribution in [-0.2, 0) is 11.2 Å².